The molecule has 0 bridgehead atoms. The van der Waals surface area contributed by atoms with E-state index in [9.17, 15) is 17.6 Å². The molecular weight excluding hydrogens is 347 g/mol. The molecule has 0 aliphatic carbocycles. The third kappa shape index (κ3) is 2.88. The van der Waals surface area contributed by atoms with Crippen LogP contribution < -0.4 is 4.72 Å². The van der Waals surface area contributed by atoms with Gasteiger partial charge in [0, 0.05) is 11.2 Å². The van der Waals surface area contributed by atoms with Gasteiger partial charge in [0.05, 0.1) is 5.52 Å². The molecule has 2 aromatic heterocycles. The van der Waals surface area contributed by atoms with E-state index in [-0.39, 0.29) is 10.7 Å². The third-order valence-electron chi connectivity index (χ3n) is 2.95. The highest BCUT2D eigenvalue weighted by Crippen LogP contribution is 2.20. The molecular formula is C13H8ClFN4O3S. The third-order valence-corrected chi connectivity index (χ3v) is 4.53. The lowest BCUT2D eigenvalue weighted by Gasteiger charge is -2.07. The molecule has 23 heavy (non-hydrogen) atoms. The van der Waals surface area contributed by atoms with Crippen LogP contribution in [0.15, 0.2) is 47.5 Å². The van der Waals surface area contributed by atoms with Crippen LogP contribution in [-0.4, -0.2) is 29.2 Å². The molecule has 0 unspecified atom stereocenters. The number of pyridine rings is 1. The van der Waals surface area contributed by atoms with E-state index in [1.54, 1.807) is 29.1 Å². The fourth-order valence-corrected chi connectivity index (χ4v) is 3.21. The summed E-state index contributed by atoms with van der Waals surface area (Å²) in [6.07, 6.45) is 1.55. The average molecular weight is 355 g/mol. The molecule has 0 radical (unpaired) electrons. The highest BCUT2D eigenvalue weighted by Gasteiger charge is 2.25. The Bertz CT molecular complexity index is 1020. The van der Waals surface area contributed by atoms with Crippen LogP contribution in [0.25, 0.3) is 5.52 Å². The van der Waals surface area contributed by atoms with Gasteiger partial charge in [0.2, 0.25) is 0 Å². The molecule has 1 amide bonds. The van der Waals surface area contributed by atoms with E-state index >= 15 is 0 Å². The minimum Gasteiger partial charge on any atom is -0.266 e. The van der Waals surface area contributed by atoms with Crippen LogP contribution in [0, 0.1) is 5.82 Å². The van der Waals surface area contributed by atoms with E-state index < -0.39 is 26.6 Å². The number of carbonyl (C=O) groups excluding carboxylic acids is 1. The van der Waals surface area contributed by atoms with Crippen molar-refractivity contribution in [1.82, 2.24) is 19.5 Å². The predicted octanol–water partition coefficient (Wildman–Crippen LogP) is 1.64. The molecule has 0 fully saturated rings. The summed E-state index contributed by atoms with van der Waals surface area (Å²) in [4.78, 5) is 11.4. The average Bonchev–Trinajstić information content (AvgIpc) is 2.93. The number of benzene rings is 1. The van der Waals surface area contributed by atoms with E-state index in [1.165, 1.54) is 10.6 Å². The fraction of sp³-hybridized carbons (Fsp3) is 0. The summed E-state index contributed by atoms with van der Waals surface area (Å²) < 4.78 is 41.1. The molecule has 0 aliphatic rings. The zero-order valence-corrected chi connectivity index (χ0v) is 12.8. The SMILES string of the molecule is O=C(NS(=O)(=O)c1cc(Cl)ccc1F)c1nnn2ccccc12. The van der Waals surface area contributed by atoms with Gasteiger partial charge in [-0.3, -0.25) is 4.79 Å². The summed E-state index contributed by atoms with van der Waals surface area (Å²) >= 11 is 5.67. The number of carbonyl (C=O) groups is 1. The molecule has 118 valence electrons. The fourth-order valence-electron chi connectivity index (χ4n) is 1.91. The number of rotatable bonds is 3. The second kappa shape index (κ2) is 5.60. The van der Waals surface area contributed by atoms with Gasteiger partial charge >= 0.3 is 0 Å². The molecule has 0 atom stereocenters. The lowest BCUT2D eigenvalue weighted by atomic mass is 10.3. The van der Waals surface area contributed by atoms with E-state index in [4.69, 9.17) is 11.6 Å². The van der Waals surface area contributed by atoms with E-state index in [2.05, 4.69) is 10.3 Å². The molecule has 0 saturated heterocycles. The predicted molar refractivity (Wildman–Crippen MR) is 79.0 cm³/mol. The molecule has 3 aromatic rings. The van der Waals surface area contributed by atoms with E-state index in [1.807, 2.05) is 0 Å². The molecule has 2 heterocycles. The number of sulfonamides is 1. The normalized spacial score (nSPS) is 11.6. The van der Waals surface area contributed by atoms with Crippen molar-refractivity contribution in [1.29, 1.82) is 0 Å². The second-order valence-electron chi connectivity index (χ2n) is 4.48. The van der Waals surface area contributed by atoms with Crippen molar-refractivity contribution in [3.8, 4) is 0 Å². The summed E-state index contributed by atoms with van der Waals surface area (Å²) in [6, 6.07) is 7.86. The van der Waals surface area contributed by atoms with Gasteiger partial charge < -0.3 is 0 Å². The lowest BCUT2D eigenvalue weighted by molar-refractivity contribution is 0.0978. The van der Waals surface area contributed by atoms with Crippen LogP contribution >= 0.6 is 11.6 Å². The van der Waals surface area contributed by atoms with Crippen LogP contribution in [0.5, 0.6) is 0 Å². The van der Waals surface area contributed by atoms with Gasteiger partial charge in [-0.1, -0.05) is 22.9 Å². The molecule has 0 spiro atoms. The van der Waals surface area contributed by atoms with E-state index in [0.29, 0.717) is 5.52 Å². The Morgan fingerprint density at radius 2 is 2.04 bits per heavy atom. The largest absolute Gasteiger partial charge is 0.287 e. The van der Waals surface area contributed by atoms with Gasteiger partial charge in [-0.25, -0.2) is 22.0 Å². The maximum Gasteiger partial charge on any atom is 0.287 e. The van der Waals surface area contributed by atoms with Crippen molar-refractivity contribution >= 4 is 33.0 Å². The second-order valence-corrected chi connectivity index (χ2v) is 6.57. The molecule has 1 aromatic carbocycles. The molecule has 0 saturated carbocycles. The number of fused-ring (bicyclic) bond motifs is 1. The summed E-state index contributed by atoms with van der Waals surface area (Å²) in [5, 5.41) is 7.34. The maximum atomic E-state index is 13.7. The zero-order chi connectivity index (χ0) is 16.6. The number of nitrogens with one attached hydrogen (secondary N) is 1. The monoisotopic (exact) mass is 354 g/mol. The summed E-state index contributed by atoms with van der Waals surface area (Å²) in [5.74, 6) is -2.05. The highest BCUT2D eigenvalue weighted by molar-refractivity contribution is 7.90. The first kappa shape index (κ1) is 15.4. The first-order chi connectivity index (χ1) is 10.9. The van der Waals surface area contributed by atoms with Crippen LogP contribution in [0.2, 0.25) is 5.02 Å². The number of hydrogen-bond donors (Lipinski definition) is 1. The quantitative estimate of drug-likeness (QED) is 0.771. The Morgan fingerprint density at radius 1 is 1.26 bits per heavy atom. The Morgan fingerprint density at radius 3 is 2.83 bits per heavy atom. The van der Waals surface area contributed by atoms with Gasteiger partial charge in [0.15, 0.2) is 5.69 Å². The summed E-state index contributed by atoms with van der Waals surface area (Å²) in [7, 11) is -4.44. The molecule has 1 N–H and O–H groups in total. The first-order valence-corrected chi connectivity index (χ1v) is 8.07. The van der Waals surface area contributed by atoms with Crippen molar-refractivity contribution in [3.63, 3.8) is 0 Å². The molecule has 3 rings (SSSR count). The molecule has 7 nitrogen and oxygen atoms in total. The Kier molecular flexibility index (Phi) is 3.74. The number of halogens is 2. The number of hydrogen-bond acceptors (Lipinski definition) is 5. The van der Waals surface area contributed by atoms with Gasteiger partial charge in [-0.05, 0) is 30.3 Å². The smallest absolute Gasteiger partial charge is 0.266 e. The number of aromatic nitrogens is 3. The Labute approximate surface area is 134 Å². The van der Waals surface area contributed by atoms with Gasteiger partial charge in [-0.2, -0.15) is 0 Å². The number of nitrogens with zero attached hydrogens (tertiary/aromatic N) is 3. The lowest BCUT2D eigenvalue weighted by Crippen LogP contribution is -2.31. The minimum absolute atomic E-state index is 0.0216. The van der Waals surface area contributed by atoms with Crippen LogP contribution in [-0.2, 0) is 10.0 Å². The number of amides is 1. The molecule has 0 aliphatic heterocycles. The Hall–Kier alpha value is -2.52. The minimum atomic E-state index is -4.44. The van der Waals surface area contributed by atoms with Crippen molar-refractivity contribution in [3.05, 3.63) is 59.1 Å². The summed E-state index contributed by atoms with van der Waals surface area (Å²) in [6.45, 7) is 0. The highest BCUT2D eigenvalue weighted by atomic mass is 35.5. The first-order valence-electron chi connectivity index (χ1n) is 6.21. The van der Waals surface area contributed by atoms with Gasteiger partial charge in [-0.15, -0.1) is 5.10 Å². The van der Waals surface area contributed by atoms with Gasteiger partial charge in [0.1, 0.15) is 10.7 Å². The van der Waals surface area contributed by atoms with Crippen molar-refractivity contribution in [2.75, 3.05) is 0 Å². The maximum absolute atomic E-state index is 13.7. The van der Waals surface area contributed by atoms with Crippen LogP contribution in [0.3, 0.4) is 0 Å². The summed E-state index contributed by atoms with van der Waals surface area (Å²) in [5.41, 5.74) is 0.114. The van der Waals surface area contributed by atoms with Crippen LogP contribution in [0.4, 0.5) is 4.39 Å². The standard InChI is InChI=1S/C13H8ClFN4O3S/c14-8-4-5-9(15)11(7-8)23(21,22)17-13(20)12-10-3-1-2-6-19(10)18-16-12/h1-7H,(H,17,20). The Balaban J connectivity index is 1.97. The van der Waals surface area contributed by atoms with Gasteiger partial charge in [0.25, 0.3) is 15.9 Å². The van der Waals surface area contributed by atoms with Crippen molar-refractivity contribution in [2.45, 2.75) is 4.90 Å². The molecule has 10 heteroatoms. The van der Waals surface area contributed by atoms with Crippen LogP contribution in [0.1, 0.15) is 10.5 Å². The van der Waals surface area contributed by atoms with E-state index in [0.717, 1.165) is 12.1 Å². The van der Waals surface area contributed by atoms with Crippen molar-refractivity contribution < 1.29 is 17.6 Å². The zero-order valence-electron chi connectivity index (χ0n) is 11.3. The van der Waals surface area contributed by atoms with Crippen molar-refractivity contribution in [2.24, 2.45) is 0 Å². The topological polar surface area (TPSA) is 93.4 Å².